The summed E-state index contributed by atoms with van der Waals surface area (Å²) in [6.45, 7) is 8.52. The van der Waals surface area contributed by atoms with Gasteiger partial charge in [0.1, 0.15) is 11.6 Å². The highest BCUT2D eigenvalue weighted by molar-refractivity contribution is 5.81. The first kappa shape index (κ1) is 19.5. The van der Waals surface area contributed by atoms with Gasteiger partial charge in [-0.05, 0) is 55.3 Å². The monoisotopic (exact) mass is 395 g/mol. The molecule has 7 nitrogen and oxygen atoms in total. The van der Waals surface area contributed by atoms with E-state index in [1.807, 2.05) is 34.4 Å². The molecule has 0 bridgehead atoms. The van der Waals surface area contributed by atoms with E-state index < -0.39 is 0 Å². The van der Waals surface area contributed by atoms with Gasteiger partial charge in [-0.1, -0.05) is 0 Å². The van der Waals surface area contributed by atoms with Gasteiger partial charge < -0.3 is 10.0 Å². The lowest BCUT2D eigenvalue weighted by atomic mass is 10.2. The van der Waals surface area contributed by atoms with Crippen molar-refractivity contribution in [1.82, 2.24) is 14.9 Å². The van der Waals surface area contributed by atoms with Crippen LogP contribution in [0.15, 0.2) is 42.6 Å². The number of aryl methyl sites for hydroxylation is 1. The molecule has 4 rings (SSSR count). The number of carbonyl (C=O) groups is 1. The number of amides is 1. The Morgan fingerprint density at radius 1 is 1.00 bits per heavy atom. The van der Waals surface area contributed by atoms with Crippen molar-refractivity contribution in [2.45, 2.75) is 19.8 Å². The van der Waals surface area contributed by atoms with Crippen LogP contribution >= 0.6 is 0 Å². The lowest BCUT2D eigenvalue weighted by Crippen LogP contribution is -2.47. The van der Waals surface area contributed by atoms with Gasteiger partial charge in [-0.3, -0.25) is 19.7 Å². The molecule has 7 heteroatoms. The lowest BCUT2D eigenvalue weighted by molar-refractivity contribution is -0.128. The number of aromatic nitrogens is 1. The van der Waals surface area contributed by atoms with Crippen LogP contribution in [-0.4, -0.2) is 71.7 Å². The maximum atomic E-state index is 12.3. The predicted molar refractivity (Wildman–Crippen MR) is 114 cm³/mol. The first-order chi connectivity index (χ1) is 14.1. The molecule has 1 amide bonds. The maximum Gasteiger partial charge on any atom is 0.242 e. The van der Waals surface area contributed by atoms with Crippen molar-refractivity contribution in [3.8, 4) is 5.75 Å². The summed E-state index contributed by atoms with van der Waals surface area (Å²) in [5.74, 6) is 1.48. The number of pyridine rings is 1. The molecule has 1 aromatic carbocycles. The number of aromatic hydroxyl groups is 1. The molecular weight excluding hydrogens is 366 g/mol. The average Bonchev–Trinajstić information content (AvgIpc) is 3.10. The summed E-state index contributed by atoms with van der Waals surface area (Å²) < 4.78 is 0. The maximum absolute atomic E-state index is 12.3. The zero-order chi connectivity index (χ0) is 20.2. The number of phenols is 1. The average molecular weight is 396 g/mol. The van der Waals surface area contributed by atoms with Crippen molar-refractivity contribution in [3.63, 3.8) is 0 Å². The Hall–Kier alpha value is -2.80. The second kappa shape index (κ2) is 8.69. The van der Waals surface area contributed by atoms with Gasteiger partial charge >= 0.3 is 0 Å². The van der Waals surface area contributed by atoms with Crippen molar-refractivity contribution in [2.75, 3.05) is 55.7 Å². The molecule has 2 aromatic rings. The van der Waals surface area contributed by atoms with E-state index in [1.54, 1.807) is 12.1 Å². The molecule has 0 atom stereocenters. The van der Waals surface area contributed by atoms with Crippen LogP contribution in [0.25, 0.3) is 0 Å². The topological polar surface area (TPSA) is 63.2 Å². The molecule has 2 aliphatic rings. The third-order valence-corrected chi connectivity index (χ3v) is 5.71. The Balaban J connectivity index is 1.25. The fraction of sp³-hybridized carbons (Fsp3) is 0.455. The van der Waals surface area contributed by atoms with Gasteiger partial charge in [-0.25, -0.2) is 4.98 Å². The largest absolute Gasteiger partial charge is 0.508 e. The summed E-state index contributed by atoms with van der Waals surface area (Å²) in [6, 6.07) is 11.2. The molecule has 0 unspecified atom stereocenters. The minimum atomic E-state index is 0.174. The SMILES string of the molecule is Cc1ccnc(N2CCN(CCCN3C(=O)CCN3c3ccc(O)cc3)CC2)c1. The number of hydrogen-bond donors (Lipinski definition) is 1. The molecule has 1 aromatic heterocycles. The molecule has 0 spiro atoms. The number of anilines is 2. The molecule has 0 saturated carbocycles. The van der Waals surface area contributed by atoms with Crippen LogP contribution in [0.4, 0.5) is 11.5 Å². The highest BCUT2D eigenvalue weighted by Gasteiger charge is 2.29. The fourth-order valence-electron chi connectivity index (χ4n) is 4.06. The van der Waals surface area contributed by atoms with Gasteiger partial charge in [0.15, 0.2) is 0 Å². The molecular formula is C22H29N5O2. The molecule has 0 radical (unpaired) electrons. The molecule has 0 aliphatic carbocycles. The van der Waals surface area contributed by atoms with E-state index in [9.17, 15) is 9.90 Å². The smallest absolute Gasteiger partial charge is 0.242 e. The highest BCUT2D eigenvalue weighted by Crippen LogP contribution is 2.24. The van der Waals surface area contributed by atoms with E-state index in [4.69, 9.17) is 0 Å². The number of hydrogen-bond acceptors (Lipinski definition) is 6. The van der Waals surface area contributed by atoms with Crippen molar-refractivity contribution >= 4 is 17.4 Å². The summed E-state index contributed by atoms with van der Waals surface area (Å²) in [4.78, 5) is 21.7. The first-order valence-corrected chi connectivity index (χ1v) is 10.4. The Labute approximate surface area is 172 Å². The number of rotatable bonds is 6. The van der Waals surface area contributed by atoms with Crippen LogP contribution in [0.2, 0.25) is 0 Å². The van der Waals surface area contributed by atoms with E-state index in [0.29, 0.717) is 13.0 Å². The third kappa shape index (κ3) is 4.62. The number of carbonyl (C=O) groups excluding carboxylic acids is 1. The van der Waals surface area contributed by atoms with Crippen LogP contribution < -0.4 is 9.91 Å². The Morgan fingerprint density at radius 3 is 2.48 bits per heavy atom. The summed E-state index contributed by atoms with van der Waals surface area (Å²) >= 11 is 0. The number of piperazine rings is 1. The summed E-state index contributed by atoms with van der Waals surface area (Å²) in [6.07, 6.45) is 3.37. The van der Waals surface area contributed by atoms with E-state index in [0.717, 1.165) is 57.2 Å². The van der Waals surface area contributed by atoms with Crippen LogP contribution in [0, 0.1) is 6.92 Å². The Kier molecular flexibility index (Phi) is 5.85. The number of hydrazine groups is 1. The van der Waals surface area contributed by atoms with E-state index in [1.165, 1.54) is 5.56 Å². The summed E-state index contributed by atoms with van der Waals surface area (Å²) in [7, 11) is 0. The number of phenolic OH excluding ortho intramolecular Hbond substituents is 1. The second-order valence-electron chi connectivity index (χ2n) is 7.78. The molecule has 1 N–H and O–H groups in total. The van der Waals surface area contributed by atoms with Crippen molar-refractivity contribution in [1.29, 1.82) is 0 Å². The standard InChI is InChI=1S/C22H29N5O2/c1-18-7-9-23-21(17-18)25-15-13-24(14-16-25)10-2-11-27-22(29)8-12-26(27)19-3-5-20(28)6-4-19/h3-7,9,17,28H,2,8,10-16H2,1H3. The second-order valence-corrected chi connectivity index (χ2v) is 7.78. The van der Waals surface area contributed by atoms with Crippen LogP contribution in [-0.2, 0) is 4.79 Å². The Bertz CT molecular complexity index is 833. The zero-order valence-corrected chi connectivity index (χ0v) is 17.0. The molecule has 3 heterocycles. The van der Waals surface area contributed by atoms with Gasteiger partial charge in [0.05, 0.1) is 5.69 Å². The minimum absolute atomic E-state index is 0.174. The zero-order valence-electron chi connectivity index (χ0n) is 17.0. The van der Waals surface area contributed by atoms with Gasteiger partial charge in [-0.15, -0.1) is 0 Å². The van der Waals surface area contributed by atoms with Gasteiger partial charge in [-0.2, -0.15) is 0 Å². The van der Waals surface area contributed by atoms with Gasteiger partial charge in [0.2, 0.25) is 5.91 Å². The minimum Gasteiger partial charge on any atom is -0.508 e. The van der Waals surface area contributed by atoms with Gasteiger partial charge in [0, 0.05) is 58.4 Å². The van der Waals surface area contributed by atoms with E-state index >= 15 is 0 Å². The Morgan fingerprint density at radius 2 is 1.76 bits per heavy atom. The quantitative estimate of drug-likeness (QED) is 0.810. The number of benzene rings is 1. The molecule has 154 valence electrons. The molecule has 29 heavy (non-hydrogen) atoms. The molecule has 2 aliphatic heterocycles. The van der Waals surface area contributed by atoms with Crippen LogP contribution in [0.1, 0.15) is 18.4 Å². The van der Waals surface area contributed by atoms with Crippen LogP contribution in [0.5, 0.6) is 5.75 Å². The van der Waals surface area contributed by atoms with Crippen LogP contribution in [0.3, 0.4) is 0 Å². The van der Waals surface area contributed by atoms with E-state index in [2.05, 4.69) is 27.8 Å². The molecule has 2 fully saturated rings. The first-order valence-electron chi connectivity index (χ1n) is 10.4. The van der Waals surface area contributed by atoms with Gasteiger partial charge in [0.25, 0.3) is 0 Å². The predicted octanol–water partition coefficient (Wildman–Crippen LogP) is 2.26. The normalized spacial score (nSPS) is 18.0. The van der Waals surface area contributed by atoms with Crippen molar-refractivity contribution in [3.05, 3.63) is 48.2 Å². The van der Waals surface area contributed by atoms with Crippen molar-refractivity contribution in [2.24, 2.45) is 0 Å². The third-order valence-electron chi connectivity index (χ3n) is 5.71. The van der Waals surface area contributed by atoms with E-state index in [-0.39, 0.29) is 11.7 Å². The fourth-order valence-corrected chi connectivity index (χ4v) is 4.06. The van der Waals surface area contributed by atoms with Crippen molar-refractivity contribution < 1.29 is 9.90 Å². The summed E-state index contributed by atoms with van der Waals surface area (Å²) in [5, 5.41) is 13.4. The highest BCUT2D eigenvalue weighted by atomic mass is 16.3. The summed E-state index contributed by atoms with van der Waals surface area (Å²) in [5.41, 5.74) is 2.19. The molecule has 2 saturated heterocycles. The lowest BCUT2D eigenvalue weighted by Gasteiger charge is -2.36. The number of nitrogens with zero attached hydrogens (tertiary/aromatic N) is 5.